The Bertz CT molecular complexity index is 696. The van der Waals surface area contributed by atoms with E-state index in [0.717, 1.165) is 33.8 Å². The van der Waals surface area contributed by atoms with Crippen LogP contribution in [0, 0.1) is 0 Å². The Balaban J connectivity index is 1.94. The Morgan fingerprint density at radius 1 is 1.18 bits per heavy atom. The molecule has 1 heterocycles. The second-order valence-corrected chi connectivity index (χ2v) is 6.74. The lowest BCUT2D eigenvalue weighted by molar-refractivity contribution is 0.0498. The number of hydrogen-bond donors (Lipinski definition) is 0. The van der Waals surface area contributed by atoms with Gasteiger partial charge < -0.3 is 9.29 Å². The third-order valence-corrected chi connectivity index (χ3v) is 5.40. The fourth-order valence-corrected chi connectivity index (χ4v) is 4.07. The molecular weight excluding hydrogens is 296 g/mol. The standard InChI is InChI=1S/C18H18O3S/c1-2-3-11-21-18(19)14-8-6-10-17-15(14)12-13-7-4-5-9-16(13)22(17)20/h4-10H,2-3,11-12H2,1H3. The normalized spacial score (nSPS) is 15.8. The monoisotopic (exact) mass is 314 g/mol. The number of hydrogen-bond acceptors (Lipinski definition) is 3. The number of rotatable bonds is 4. The molecular formula is C18H18O3S. The van der Waals surface area contributed by atoms with Crippen molar-refractivity contribution in [3.8, 4) is 0 Å². The minimum absolute atomic E-state index is 0.318. The molecule has 0 aromatic heterocycles. The van der Waals surface area contributed by atoms with Crippen LogP contribution in [0.15, 0.2) is 52.3 Å². The molecule has 2 aromatic carbocycles. The highest BCUT2D eigenvalue weighted by Crippen LogP contribution is 2.35. The molecule has 3 nitrogen and oxygen atoms in total. The molecule has 1 atom stereocenters. The molecule has 1 aliphatic rings. The van der Waals surface area contributed by atoms with Gasteiger partial charge in [0.2, 0.25) is 0 Å². The first-order valence-electron chi connectivity index (χ1n) is 7.51. The lowest BCUT2D eigenvalue weighted by atomic mass is 9.99. The summed E-state index contributed by atoms with van der Waals surface area (Å²) in [4.78, 5) is 13.9. The highest BCUT2D eigenvalue weighted by molar-refractivity contribution is 7.91. The summed E-state index contributed by atoms with van der Waals surface area (Å²) >= 11 is -1.23. The van der Waals surface area contributed by atoms with Crippen molar-refractivity contribution in [3.63, 3.8) is 0 Å². The lowest BCUT2D eigenvalue weighted by Crippen LogP contribution is -2.19. The molecule has 22 heavy (non-hydrogen) atoms. The number of carbonyl (C=O) groups excluding carboxylic acids is 1. The summed E-state index contributed by atoms with van der Waals surface area (Å²) in [5, 5.41) is 0. The van der Waals surface area contributed by atoms with E-state index in [1.54, 1.807) is 12.1 Å². The van der Waals surface area contributed by atoms with Gasteiger partial charge in [-0.15, -0.1) is 0 Å². The summed E-state index contributed by atoms with van der Waals surface area (Å²) in [7, 11) is 0. The summed E-state index contributed by atoms with van der Waals surface area (Å²) in [5.41, 5.74) is 2.39. The number of unbranched alkanes of at least 4 members (excludes halogenated alkanes) is 1. The van der Waals surface area contributed by atoms with E-state index in [2.05, 4.69) is 6.92 Å². The van der Waals surface area contributed by atoms with Crippen molar-refractivity contribution in [2.24, 2.45) is 0 Å². The van der Waals surface area contributed by atoms with Crippen molar-refractivity contribution < 1.29 is 14.1 Å². The minimum Gasteiger partial charge on any atom is -0.606 e. The van der Waals surface area contributed by atoms with Gasteiger partial charge in [0, 0.05) is 28.7 Å². The predicted molar refractivity (Wildman–Crippen MR) is 85.6 cm³/mol. The molecule has 0 spiro atoms. The first-order chi connectivity index (χ1) is 10.7. The van der Waals surface area contributed by atoms with Crippen molar-refractivity contribution in [1.29, 1.82) is 0 Å². The third-order valence-electron chi connectivity index (χ3n) is 3.82. The molecule has 0 bridgehead atoms. The van der Waals surface area contributed by atoms with Crippen molar-refractivity contribution in [2.75, 3.05) is 6.61 Å². The second kappa shape index (κ2) is 6.55. The summed E-state index contributed by atoms with van der Waals surface area (Å²) in [6, 6.07) is 13.1. The highest BCUT2D eigenvalue weighted by Gasteiger charge is 2.31. The van der Waals surface area contributed by atoms with E-state index in [0.29, 0.717) is 18.6 Å². The van der Waals surface area contributed by atoms with Gasteiger partial charge in [-0.25, -0.2) is 4.79 Å². The molecule has 4 heteroatoms. The van der Waals surface area contributed by atoms with E-state index in [-0.39, 0.29) is 5.97 Å². The molecule has 0 amide bonds. The SMILES string of the molecule is CCCCOC(=O)c1cccc2c1Cc1ccccc1[S+]2[O-]. The largest absolute Gasteiger partial charge is 0.606 e. The molecule has 3 rings (SSSR count). The first-order valence-corrected chi connectivity index (χ1v) is 8.66. The van der Waals surface area contributed by atoms with Crippen LogP contribution in [0.1, 0.15) is 41.3 Å². The fourth-order valence-electron chi connectivity index (χ4n) is 2.64. The van der Waals surface area contributed by atoms with Gasteiger partial charge >= 0.3 is 5.97 Å². The third kappa shape index (κ3) is 2.76. The van der Waals surface area contributed by atoms with Crippen LogP contribution in [0.2, 0.25) is 0 Å². The van der Waals surface area contributed by atoms with Crippen molar-refractivity contribution in [3.05, 3.63) is 59.2 Å². The molecule has 114 valence electrons. The Hall–Kier alpha value is -1.78. The zero-order valence-electron chi connectivity index (χ0n) is 12.5. The predicted octanol–water partition coefficient (Wildman–Crippen LogP) is 3.71. The molecule has 0 fully saturated rings. The maximum atomic E-state index is 12.7. The molecule has 0 aliphatic carbocycles. The van der Waals surface area contributed by atoms with Crippen LogP contribution in [0.5, 0.6) is 0 Å². The van der Waals surface area contributed by atoms with E-state index in [9.17, 15) is 9.35 Å². The average molecular weight is 314 g/mol. The van der Waals surface area contributed by atoms with Gasteiger partial charge in [0.15, 0.2) is 9.79 Å². The smallest absolute Gasteiger partial charge is 0.338 e. The van der Waals surface area contributed by atoms with Gasteiger partial charge in [0.1, 0.15) is 0 Å². The lowest BCUT2D eigenvalue weighted by Gasteiger charge is -2.23. The van der Waals surface area contributed by atoms with Crippen molar-refractivity contribution in [1.82, 2.24) is 0 Å². The zero-order chi connectivity index (χ0) is 15.5. The number of fused-ring (bicyclic) bond motifs is 2. The molecule has 0 radical (unpaired) electrons. The molecule has 1 aliphatic heterocycles. The van der Waals surface area contributed by atoms with Crippen LogP contribution in [0.3, 0.4) is 0 Å². The summed E-state index contributed by atoms with van der Waals surface area (Å²) in [6.45, 7) is 2.48. The van der Waals surface area contributed by atoms with Crippen LogP contribution in [0.25, 0.3) is 0 Å². The molecule has 0 saturated carbocycles. The number of esters is 1. The van der Waals surface area contributed by atoms with Gasteiger partial charge in [-0.05, 0) is 24.6 Å². The zero-order valence-corrected chi connectivity index (χ0v) is 13.3. The Morgan fingerprint density at radius 3 is 2.77 bits per heavy atom. The van der Waals surface area contributed by atoms with E-state index in [4.69, 9.17) is 4.74 Å². The van der Waals surface area contributed by atoms with Gasteiger partial charge in [-0.2, -0.15) is 0 Å². The second-order valence-electron chi connectivity index (χ2n) is 5.32. The average Bonchev–Trinajstić information content (AvgIpc) is 2.55. The van der Waals surface area contributed by atoms with Gasteiger partial charge in [0.05, 0.1) is 12.2 Å². The molecule has 2 aromatic rings. The van der Waals surface area contributed by atoms with Crippen molar-refractivity contribution in [2.45, 2.75) is 36.0 Å². The minimum atomic E-state index is -1.23. The van der Waals surface area contributed by atoms with Crippen LogP contribution >= 0.6 is 0 Å². The first kappa shape index (κ1) is 15.1. The Morgan fingerprint density at radius 2 is 1.95 bits per heavy atom. The van der Waals surface area contributed by atoms with Crippen LogP contribution in [-0.4, -0.2) is 17.1 Å². The van der Waals surface area contributed by atoms with Gasteiger partial charge in [-0.1, -0.05) is 37.6 Å². The van der Waals surface area contributed by atoms with Gasteiger partial charge in [-0.3, -0.25) is 0 Å². The molecule has 0 N–H and O–H groups in total. The molecule has 1 unspecified atom stereocenters. The van der Waals surface area contributed by atoms with Crippen molar-refractivity contribution >= 4 is 17.1 Å². The topological polar surface area (TPSA) is 49.4 Å². The van der Waals surface area contributed by atoms with Gasteiger partial charge in [0.25, 0.3) is 0 Å². The Kier molecular flexibility index (Phi) is 4.50. The van der Waals surface area contributed by atoms with E-state index < -0.39 is 11.2 Å². The highest BCUT2D eigenvalue weighted by atomic mass is 32.2. The number of ether oxygens (including phenoxy) is 1. The molecule has 0 saturated heterocycles. The summed E-state index contributed by atoms with van der Waals surface area (Å²) < 4.78 is 18.0. The number of carbonyl (C=O) groups is 1. The summed E-state index contributed by atoms with van der Waals surface area (Å²) in [5.74, 6) is -0.318. The number of benzene rings is 2. The van der Waals surface area contributed by atoms with Crippen LogP contribution < -0.4 is 0 Å². The van der Waals surface area contributed by atoms with Crippen LogP contribution in [0.4, 0.5) is 0 Å². The van der Waals surface area contributed by atoms with E-state index in [1.165, 1.54) is 0 Å². The van der Waals surface area contributed by atoms with Crippen LogP contribution in [-0.2, 0) is 22.3 Å². The van der Waals surface area contributed by atoms with E-state index >= 15 is 0 Å². The fraction of sp³-hybridized carbons (Fsp3) is 0.278. The maximum absolute atomic E-state index is 12.7. The van der Waals surface area contributed by atoms with E-state index in [1.807, 2.05) is 30.3 Å². The maximum Gasteiger partial charge on any atom is 0.338 e. The summed E-state index contributed by atoms with van der Waals surface area (Å²) in [6.07, 6.45) is 2.46. The quantitative estimate of drug-likeness (QED) is 0.491. The Labute approximate surface area is 133 Å².